The van der Waals surface area contributed by atoms with Crippen molar-refractivity contribution in [2.75, 3.05) is 7.11 Å². The first-order valence-electron chi connectivity index (χ1n) is 6.19. The van der Waals surface area contributed by atoms with Crippen molar-refractivity contribution < 1.29 is 22.6 Å². The molecule has 0 unspecified atom stereocenters. The van der Waals surface area contributed by atoms with Crippen LogP contribution in [-0.2, 0) is 6.42 Å². The van der Waals surface area contributed by atoms with E-state index in [9.17, 15) is 13.2 Å². The van der Waals surface area contributed by atoms with E-state index in [1.165, 1.54) is 37.6 Å². The molecule has 1 heterocycles. The van der Waals surface area contributed by atoms with Gasteiger partial charge in [0.1, 0.15) is 5.75 Å². The van der Waals surface area contributed by atoms with Gasteiger partial charge in [-0.2, -0.15) is 5.26 Å². The van der Waals surface area contributed by atoms with Crippen LogP contribution in [-0.4, -0.2) is 18.5 Å². The minimum atomic E-state index is -4.80. The molecule has 22 heavy (non-hydrogen) atoms. The first-order valence-corrected chi connectivity index (χ1v) is 6.19. The van der Waals surface area contributed by atoms with Gasteiger partial charge in [-0.3, -0.25) is 0 Å². The SMILES string of the molecule is COc1cc(CC#N)c(-c2ccccc2OC(F)(F)F)cn1. The molecule has 0 fully saturated rings. The second kappa shape index (κ2) is 6.35. The third-order valence-electron chi connectivity index (χ3n) is 2.85. The third-order valence-corrected chi connectivity index (χ3v) is 2.85. The number of halogens is 3. The van der Waals surface area contributed by atoms with Crippen LogP contribution in [0.25, 0.3) is 11.1 Å². The number of alkyl halides is 3. The number of pyridine rings is 1. The maximum Gasteiger partial charge on any atom is 0.573 e. The summed E-state index contributed by atoms with van der Waals surface area (Å²) in [6, 6.07) is 9.19. The van der Waals surface area contributed by atoms with Crippen molar-refractivity contribution in [2.45, 2.75) is 12.8 Å². The van der Waals surface area contributed by atoms with Gasteiger partial charge in [0.2, 0.25) is 5.88 Å². The Hall–Kier alpha value is -2.75. The molecule has 0 aliphatic rings. The maximum absolute atomic E-state index is 12.5. The molecule has 2 rings (SSSR count). The highest BCUT2D eigenvalue weighted by Gasteiger charge is 2.32. The van der Waals surface area contributed by atoms with E-state index >= 15 is 0 Å². The second-order valence-corrected chi connectivity index (χ2v) is 4.26. The summed E-state index contributed by atoms with van der Waals surface area (Å²) in [7, 11) is 1.42. The number of hydrogen-bond donors (Lipinski definition) is 0. The second-order valence-electron chi connectivity index (χ2n) is 4.26. The molecule has 0 bridgehead atoms. The zero-order valence-electron chi connectivity index (χ0n) is 11.5. The average molecular weight is 308 g/mol. The van der Waals surface area contributed by atoms with E-state index in [1.54, 1.807) is 6.07 Å². The van der Waals surface area contributed by atoms with Crippen LogP contribution in [0.1, 0.15) is 5.56 Å². The normalized spacial score (nSPS) is 10.9. The van der Waals surface area contributed by atoms with Gasteiger partial charge in [-0.15, -0.1) is 13.2 Å². The monoisotopic (exact) mass is 308 g/mol. The van der Waals surface area contributed by atoms with E-state index in [0.717, 1.165) is 0 Å². The highest BCUT2D eigenvalue weighted by molar-refractivity contribution is 5.73. The van der Waals surface area contributed by atoms with Crippen LogP contribution in [0, 0.1) is 11.3 Å². The molecule has 1 aromatic heterocycles. The summed E-state index contributed by atoms with van der Waals surface area (Å²) >= 11 is 0. The van der Waals surface area contributed by atoms with Crippen molar-refractivity contribution in [3.63, 3.8) is 0 Å². The Labute approximate surface area is 124 Å². The van der Waals surface area contributed by atoms with Gasteiger partial charge in [-0.1, -0.05) is 18.2 Å². The average Bonchev–Trinajstić information content (AvgIpc) is 2.47. The molecule has 0 spiro atoms. The molecule has 0 aliphatic heterocycles. The number of hydrogen-bond acceptors (Lipinski definition) is 4. The highest BCUT2D eigenvalue weighted by Crippen LogP contribution is 2.36. The first-order chi connectivity index (χ1) is 10.4. The van der Waals surface area contributed by atoms with Gasteiger partial charge in [0.25, 0.3) is 0 Å². The van der Waals surface area contributed by atoms with Gasteiger partial charge in [0.05, 0.1) is 19.6 Å². The van der Waals surface area contributed by atoms with Crippen molar-refractivity contribution in [3.8, 4) is 28.8 Å². The lowest BCUT2D eigenvalue weighted by molar-refractivity contribution is -0.274. The minimum Gasteiger partial charge on any atom is -0.481 e. The standard InChI is InChI=1S/C15H11F3N2O2/c1-21-14-8-10(6-7-19)12(9-20-14)11-4-2-3-5-13(11)22-15(16,17)18/h2-5,8-9H,6H2,1H3. The Morgan fingerprint density at radius 3 is 2.59 bits per heavy atom. The molecule has 4 nitrogen and oxygen atoms in total. The molecule has 0 saturated carbocycles. The number of para-hydroxylation sites is 1. The number of benzene rings is 1. The van der Waals surface area contributed by atoms with Crippen LogP contribution in [0.3, 0.4) is 0 Å². The molecular formula is C15H11F3N2O2. The van der Waals surface area contributed by atoms with Crippen molar-refractivity contribution in [3.05, 3.63) is 42.1 Å². The Balaban J connectivity index is 2.54. The summed E-state index contributed by atoms with van der Waals surface area (Å²) in [5.41, 5.74) is 1.11. The quantitative estimate of drug-likeness (QED) is 0.863. The molecule has 0 aliphatic carbocycles. The van der Waals surface area contributed by atoms with Crippen LogP contribution in [0.5, 0.6) is 11.6 Å². The van der Waals surface area contributed by atoms with Crippen LogP contribution in [0.15, 0.2) is 36.5 Å². The third kappa shape index (κ3) is 3.67. The van der Waals surface area contributed by atoms with Crippen LogP contribution < -0.4 is 9.47 Å². The number of rotatable bonds is 4. The number of nitrogens with zero attached hydrogens (tertiary/aromatic N) is 2. The number of aromatic nitrogens is 1. The smallest absolute Gasteiger partial charge is 0.481 e. The maximum atomic E-state index is 12.5. The molecule has 1 aromatic carbocycles. The zero-order valence-corrected chi connectivity index (χ0v) is 11.5. The van der Waals surface area contributed by atoms with Crippen molar-refractivity contribution >= 4 is 0 Å². The predicted octanol–water partition coefficient (Wildman–Crippen LogP) is 3.72. The van der Waals surface area contributed by atoms with Gasteiger partial charge >= 0.3 is 6.36 Å². The fourth-order valence-corrected chi connectivity index (χ4v) is 1.96. The zero-order chi connectivity index (χ0) is 16.2. The molecule has 0 radical (unpaired) electrons. The molecule has 0 amide bonds. The van der Waals surface area contributed by atoms with E-state index < -0.39 is 6.36 Å². The van der Waals surface area contributed by atoms with E-state index in [2.05, 4.69) is 9.72 Å². The van der Waals surface area contributed by atoms with E-state index in [4.69, 9.17) is 10.00 Å². The lowest BCUT2D eigenvalue weighted by Gasteiger charge is -2.15. The van der Waals surface area contributed by atoms with Crippen molar-refractivity contribution in [1.29, 1.82) is 5.26 Å². The van der Waals surface area contributed by atoms with Crippen LogP contribution in [0.2, 0.25) is 0 Å². The van der Waals surface area contributed by atoms with Crippen molar-refractivity contribution in [1.82, 2.24) is 4.98 Å². The summed E-state index contributed by atoms with van der Waals surface area (Å²) in [6.45, 7) is 0. The fourth-order valence-electron chi connectivity index (χ4n) is 1.96. The van der Waals surface area contributed by atoms with Gasteiger partial charge < -0.3 is 9.47 Å². The van der Waals surface area contributed by atoms with E-state index in [0.29, 0.717) is 11.1 Å². The lowest BCUT2D eigenvalue weighted by Crippen LogP contribution is -2.17. The molecule has 0 N–H and O–H groups in total. The van der Waals surface area contributed by atoms with E-state index in [1.807, 2.05) is 6.07 Å². The van der Waals surface area contributed by atoms with Gasteiger partial charge in [0, 0.05) is 23.4 Å². The van der Waals surface area contributed by atoms with Gasteiger partial charge in [-0.05, 0) is 11.6 Å². The number of methoxy groups -OCH3 is 1. The molecule has 2 aromatic rings. The predicted molar refractivity (Wildman–Crippen MR) is 72.2 cm³/mol. The molecule has 7 heteroatoms. The Morgan fingerprint density at radius 2 is 1.95 bits per heavy atom. The summed E-state index contributed by atoms with van der Waals surface area (Å²) < 4.78 is 46.5. The topological polar surface area (TPSA) is 55.1 Å². The van der Waals surface area contributed by atoms with Gasteiger partial charge in [-0.25, -0.2) is 4.98 Å². The number of nitriles is 1. The highest BCUT2D eigenvalue weighted by atomic mass is 19.4. The summed E-state index contributed by atoms with van der Waals surface area (Å²) in [5, 5.41) is 8.89. The lowest BCUT2D eigenvalue weighted by atomic mass is 9.99. The van der Waals surface area contributed by atoms with E-state index in [-0.39, 0.29) is 23.6 Å². The summed E-state index contributed by atoms with van der Waals surface area (Å²) in [4.78, 5) is 3.99. The minimum absolute atomic E-state index is 0.00850. The summed E-state index contributed by atoms with van der Waals surface area (Å²) in [6.07, 6.45) is -3.43. The Kier molecular flexibility index (Phi) is 4.51. The number of ether oxygens (including phenoxy) is 2. The molecular weight excluding hydrogens is 297 g/mol. The largest absolute Gasteiger partial charge is 0.573 e. The van der Waals surface area contributed by atoms with Gasteiger partial charge in [0.15, 0.2) is 0 Å². The summed E-state index contributed by atoms with van der Waals surface area (Å²) in [5.74, 6) is -0.0654. The Bertz CT molecular complexity index is 709. The first kappa shape index (κ1) is 15.6. The van der Waals surface area contributed by atoms with Crippen molar-refractivity contribution in [2.24, 2.45) is 0 Å². The fraction of sp³-hybridized carbons (Fsp3) is 0.200. The molecule has 114 valence electrons. The Morgan fingerprint density at radius 1 is 1.23 bits per heavy atom. The van der Waals surface area contributed by atoms with Crippen LogP contribution >= 0.6 is 0 Å². The molecule has 0 saturated heterocycles. The van der Waals surface area contributed by atoms with Crippen LogP contribution in [0.4, 0.5) is 13.2 Å². The molecule has 0 atom stereocenters.